The van der Waals surface area contributed by atoms with E-state index in [1.807, 2.05) is 0 Å². The van der Waals surface area contributed by atoms with E-state index in [1.54, 1.807) is 38.5 Å². The largest absolute Gasteiger partial charge is 0.0622 e. The van der Waals surface area contributed by atoms with E-state index in [0.29, 0.717) is 0 Å². The van der Waals surface area contributed by atoms with Gasteiger partial charge in [-0.15, -0.1) is 0 Å². The summed E-state index contributed by atoms with van der Waals surface area (Å²) in [6, 6.07) is 0. The molecule has 7 aliphatic rings. The van der Waals surface area contributed by atoms with Gasteiger partial charge in [0.05, 0.1) is 0 Å². The Hall–Kier alpha value is 0. The minimum absolute atomic E-state index is 0.911. The summed E-state index contributed by atoms with van der Waals surface area (Å²) in [6.45, 7) is 7.93. The molecule has 0 heterocycles. The fourth-order valence-electron chi connectivity index (χ4n) is 10.4. The van der Waals surface area contributed by atoms with Crippen molar-refractivity contribution in [2.75, 3.05) is 0 Å². The third kappa shape index (κ3) is 1.02. The van der Waals surface area contributed by atoms with Gasteiger partial charge in [0.25, 0.3) is 0 Å². The Bertz CT molecular complexity index is 579. The van der Waals surface area contributed by atoms with Gasteiger partial charge < -0.3 is 0 Å². The van der Waals surface area contributed by atoms with Gasteiger partial charge in [-0.2, -0.15) is 0 Å². The molecule has 13 unspecified atom stereocenters. The highest BCUT2D eigenvalue weighted by Crippen LogP contribution is 3.00. The van der Waals surface area contributed by atoms with Crippen LogP contribution in [0.4, 0.5) is 0 Å². The molecule has 0 N–H and O–H groups in total. The van der Waals surface area contributed by atoms with Crippen molar-refractivity contribution >= 4 is 0 Å². The third-order valence-corrected chi connectivity index (χ3v) is 11.4. The molecule has 0 aromatic rings. The predicted octanol–water partition coefficient (Wildman–Crippen LogP) is 5.23. The fraction of sp³-hybridized carbons (Fsp3) is 1.00. The minimum Gasteiger partial charge on any atom is -0.0622 e. The van der Waals surface area contributed by atoms with E-state index in [2.05, 4.69) is 20.8 Å². The molecular formula is C22H32. The Morgan fingerprint density at radius 2 is 1.41 bits per heavy atom. The molecule has 0 nitrogen and oxygen atoms in total. The maximum Gasteiger partial charge on any atom is -0.0170 e. The van der Waals surface area contributed by atoms with E-state index in [4.69, 9.17) is 0 Å². The molecule has 2 spiro atoms. The minimum atomic E-state index is 0.911. The summed E-state index contributed by atoms with van der Waals surface area (Å²) >= 11 is 0. The van der Waals surface area contributed by atoms with Gasteiger partial charge >= 0.3 is 0 Å². The van der Waals surface area contributed by atoms with Crippen LogP contribution >= 0.6 is 0 Å². The summed E-state index contributed by atoms with van der Waals surface area (Å²) in [5.74, 6) is 12.6. The van der Waals surface area contributed by atoms with Crippen LogP contribution in [0.2, 0.25) is 0 Å². The standard InChI is InChI=1S/C22H32/c1-10-4-5-13-15-7-17(20(13)16-6-14(10)16)19-9-22(19)12(3)21(22)8-18(21)11(15)2/h10-20H,4-9H2,1-3H3. The number of hydrogen-bond donors (Lipinski definition) is 0. The van der Waals surface area contributed by atoms with Crippen molar-refractivity contribution in [2.45, 2.75) is 59.3 Å². The summed E-state index contributed by atoms with van der Waals surface area (Å²) in [4.78, 5) is 0. The normalized spacial score (nSPS) is 78.4. The Kier molecular flexibility index (Phi) is 1.82. The molecule has 0 heteroatoms. The van der Waals surface area contributed by atoms with Crippen LogP contribution in [0.15, 0.2) is 0 Å². The van der Waals surface area contributed by atoms with Crippen molar-refractivity contribution in [1.29, 1.82) is 0 Å². The van der Waals surface area contributed by atoms with Crippen LogP contribution < -0.4 is 0 Å². The second-order valence-electron chi connectivity index (χ2n) is 11.2. The van der Waals surface area contributed by atoms with Crippen LogP contribution in [0.25, 0.3) is 0 Å². The van der Waals surface area contributed by atoms with Crippen LogP contribution in [0.1, 0.15) is 59.3 Å². The second kappa shape index (κ2) is 3.23. The maximum absolute atomic E-state index is 2.70. The average Bonchev–Trinajstić information content (AvgIpc) is 3.37. The number of hydrogen-bond acceptors (Lipinski definition) is 0. The van der Waals surface area contributed by atoms with Gasteiger partial charge in [-0.3, -0.25) is 0 Å². The first-order valence-corrected chi connectivity index (χ1v) is 10.6. The number of fused-ring (bicyclic) bond motifs is 8. The average molecular weight is 296 g/mol. The molecule has 13 atom stereocenters. The van der Waals surface area contributed by atoms with Crippen LogP contribution in [0, 0.1) is 75.9 Å². The molecule has 0 aromatic heterocycles. The molecule has 7 saturated carbocycles. The zero-order chi connectivity index (χ0) is 14.6. The lowest BCUT2D eigenvalue weighted by Crippen LogP contribution is -2.24. The zero-order valence-electron chi connectivity index (χ0n) is 14.6. The lowest BCUT2D eigenvalue weighted by molar-refractivity contribution is 0.188. The highest BCUT2D eigenvalue weighted by molar-refractivity contribution is 5.42. The van der Waals surface area contributed by atoms with Crippen LogP contribution in [0.5, 0.6) is 0 Å². The Balaban J connectivity index is 1.34. The summed E-state index contributed by atoms with van der Waals surface area (Å²) in [6.07, 6.45) is 9.79. The molecule has 7 rings (SSSR count). The highest BCUT2D eigenvalue weighted by atomic mass is 15.0. The molecule has 0 radical (unpaired) electrons. The molecular weight excluding hydrogens is 264 g/mol. The first-order valence-electron chi connectivity index (χ1n) is 10.6. The Labute approximate surface area is 135 Å². The summed E-state index contributed by atoms with van der Waals surface area (Å²) in [5.41, 5.74) is 1.83. The summed E-state index contributed by atoms with van der Waals surface area (Å²) in [5, 5.41) is 0. The van der Waals surface area contributed by atoms with Crippen LogP contribution in [-0.2, 0) is 0 Å². The SMILES string of the molecule is CC1CCC2C3CC(C2C2CC12)C1CC12C(C)C21CC1C3C. The van der Waals surface area contributed by atoms with Gasteiger partial charge in [0.15, 0.2) is 0 Å². The van der Waals surface area contributed by atoms with Gasteiger partial charge in [-0.05, 0) is 108 Å². The van der Waals surface area contributed by atoms with Crippen molar-refractivity contribution in [2.24, 2.45) is 75.9 Å². The molecule has 0 aromatic carbocycles. The van der Waals surface area contributed by atoms with E-state index in [0.717, 1.165) is 52.3 Å². The molecule has 120 valence electrons. The summed E-state index contributed by atoms with van der Waals surface area (Å²) in [7, 11) is 0. The van der Waals surface area contributed by atoms with E-state index in [-0.39, 0.29) is 0 Å². The topological polar surface area (TPSA) is 0 Å². The van der Waals surface area contributed by atoms with E-state index < -0.39 is 0 Å². The van der Waals surface area contributed by atoms with Crippen molar-refractivity contribution < 1.29 is 0 Å². The molecule has 0 amide bonds. The lowest BCUT2D eigenvalue weighted by Gasteiger charge is -2.29. The monoisotopic (exact) mass is 296 g/mol. The maximum atomic E-state index is 2.70. The Morgan fingerprint density at radius 1 is 0.682 bits per heavy atom. The smallest absolute Gasteiger partial charge is 0.0170 e. The zero-order valence-corrected chi connectivity index (χ0v) is 14.6. The van der Waals surface area contributed by atoms with Gasteiger partial charge in [-0.25, -0.2) is 0 Å². The Morgan fingerprint density at radius 3 is 2.27 bits per heavy atom. The van der Waals surface area contributed by atoms with Crippen molar-refractivity contribution in [3.05, 3.63) is 0 Å². The molecule has 22 heavy (non-hydrogen) atoms. The third-order valence-electron chi connectivity index (χ3n) is 11.4. The van der Waals surface area contributed by atoms with E-state index >= 15 is 0 Å². The fourth-order valence-corrected chi connectivity index (χ4v) is 10.4. The van der Waals surface area contributed by atoms with Gasteiger partial charge in [0.1, 0.15) is 0 Å². The van der Waals surface area contributed by atoms with Crippen LogP contribution in [-0.4, -0.2) is 0 Å². The van der Waals surface area contributed by atoms with Gasteiger partial charge in [-0.1, -0.05) is 27.2 Å². The highest BCUT2D eigenvalue weighted by Gasteiger charge is 2.94. The lowest BCUT2D eigenvalue weighted by atomic mass is 9.76. The predicted molar refractivity (Wildman–Crippen MR) is 88.0 cm³/mol. The molecule has 0 saturated heterocycles. The molecule has 0 aliphatic heterocycles. The van der Waals surface area contributed by atoms with Crippen molar-refractivity contribution in [1.82, 2.24) is 0 Å². The van der Waals surface area contributed by atoms with E-state index in [9.17, 15) is 0 Å². The first-order chi connectivity index (χ1) is 10.6. The van der Waals surface area contributed by atoms with Gasteiger partial charge in [0, 0.05) is 0 Å². The molecule has 7 fully saturated rings. The van der Waals surface area contributed by atoms with Crippen LogP contribution in [0.3, 0.4) is 0 Å². The molecule has 7 aliphatic carbocycles. The number of rotatable bonds is 0. The van der Waals surface area contributed by atoms with Gasteiger partial charge in [0.2, 0.25) is 0 Å². The quantitative estimate of drug-likeness (QED) is 0.574. The first kappa shape index (κ1) is 12.4. The van der Waals surface area contributed by atoms with E-state index in [1.165, 1.54) is 23.7 Å². The molecule has 2 bridgehead atoms. The van der Waals surface area contributed by atoms with Crippen molar-refractivity contribution in [3.63, 3.8) is 0 Å². The summed E-state index contributed by atoms with van der Waals surface area (Å²) < 4.78 is 0. The van der Waals surface area contributed by atoms with Crippen molar-refractivity contribution in [3.8, 4) is 0 Å². The second-order valence-corrected chi connectivity index (χ2v) is 11.2.